The molecule has 1 heterocycles. The van der Waals surface area contributed by atoms with Crippen LogP contribution in [0, 0.1) is 6.92 Å². The van der Waals surface area contributed by atoms with Crippen molar-refractivity contribution in [2.24, 2.45) is 0 Å². The largest absolute Gasteiger partial charge is 0.507 e. The molecule has 3 aromatic carbocycles. The van der Waals surface area contributed by atoms with Gasteiger partial charge in [0.1, 0.15) is 11.5 Å². The first-order valence-electron chi connectivity index (χ1n) is 11.2. The standard InChI is InChI=1S/C28H28N2O3/c1-17-15-24-25(23(27(17)31)16-29(2)3)22-14-9-18-7-5-6-8-21(18)28(32)26(22)30(24)19-10-12-20(33-4)13-11-19/h5-8,10-13,15,31H,9,14,16H2,1-4H3. The molecule has 0 atom stereocenters. The molecule has 0 amide bonds. The van der Waals surface area contributed by atoms with Crippen LogP contribution >= 0.6 is 0 Å². The molecule has 1 aliphatic carbocycles. The molecule has 168 valence electrons. The van der Waals surface area contributed by atoms with Gasteiger partial charge in [-0.05, 0) is 80.9 Å². The summed E-state index contributed by atoms with van der Waals surface area (Å²) in [6, 6.07) is 17.7. The van der Waals surface area contributed by atoms with Gasteiger partial charge in [0.15, 0.2) is 0 Å². The fourth-order valence-corrected chi connectivity index (χ4v) is 5.04. The van der Waals surface area contributed by atoms with Gasteiger partial charge in [0.05, 0.1) is 18.3 Å². The van der Waals surface area contributed by atoms with Crippen LogP contribution in [-0.2, 0) is 19.4 Å². The smallest absolute Gasteiger partial charge is 0.210 e. The van der Waals surface area contributed by atoms with Crippen LogP contribution in [0.1, 0.15) is 38.3 Å². The normalized spacial score (nSPS) is 13.2. The average molecular weight is 441 g/mol. The van der Waals surface area contributed by atoms with Gasteiger partial charge in [-0.2, -0.15) is 0 Å². The summed E-state index contributed by atoms with van der Waals surface area (Å²) >= 11 is 0. The molecule has 5 heteroatoms. The maximum Gasteiger partial charge on any atom is 0.210 e. The lowest BCUT2D eigenvalue weighted by Gasteiger charge is -2.16. The Labute approximate surface area is 193 Å². The fourth-order valence-electron chi connectivity index (χ4n) is 5.04. The third-order valence-electron chi connectivity index (χ3n) is 6.55. The average Bonchev–Trinajstić information content (AvgIpc) is 3.06. The lowest BCUT2D eigenvalue weighted by Crippen LogP contribution is -2.11. The summed E-state index contributed by atoms with van der Waals surface area (Å²) in [7, 11) is 5.63. The van der Waals surface area contributed by atoms with Gasteiger partial charge in [0, 0.05) is 28.7 Å². The first-order valence-corrected chi connectivity index (χ1v) is 11.2. The van der Waals surface area contributed by atoms with E-state index >= 15 is 0 Å². The minimum atomic E-state index is 0.0260. The van der Waals surface area contributed by atoms with Gasteiger partial charge in [-0.3, -0.25) is 4.79 Å². The van der Waals surface area contributed by atoms with E-state index in [1.54, 1.807) is 7.11 Å². The van der Waals surface area contributed by atoms with Crippen LogP contribution in [0.4, 0.5) is 0 Å². The lowest BCUT2D eigenvalue weighted by atomic mass is 9.97. The molecule has 0 radical (unpaired) electrons. The molecule has 5 nitrogen and oxygen atoms in total. The zero-order valence-electron chi connectivity index (χ0n) is 19.5. The molecule has 1 aliphatic rings. The van der Waals surface area contributed by atoms with Gasteiger partial charge in [-0.1, -0.05) is 24.3 Å². The number of phenols is 1. The number of hydrogen-bond acceptors (Lipinski definition) is 4. The number of nitrogens with zero attached hydrogens (tertiary/aromatic N) is 2. The molecule has 5 rings (SSSR count). The van der Waals surface area contributed by atoms with Crippen LogP contribution in [-0.4, -0.2) is 41.6 Å². The van der Waals surface area contributed by atoms with Gasteiger partial charge in [0.2, 0.25) is 5.78 Å². The predicted octanol–water partition coefficient (Wildman–Crippen LogP) is 5.04. The molecule has 4 aromatic rings. The number of aromatic nitrogens is 1. The van der Waals surface area contributed by atoms with Crippen LogP contribution in [0.3, 0.4) is 0 Å². The highest BCUT2D eigenvalue weighted by atomic mass is 16.5. The third-order valence-corrected chi connectivity index (χ3v) is 6.55. The zero-order chi connectivity index (χ0) is 23.3. The fraction of sp³-hybridized carbons (Fsp3) is 0.250. The highest BCUT2D eigenvalue weighted by Crippen LogP contribution is 2.41. The maximum atomic E-state index is 14.0. The van der Waals surface area contributed by atoms with Gasteiger partial charge in [0.25, 0.3) is 0 Å². The Hall–Kier alpha value is -3.57. The van der Waals surface area contributed by atoms with E-state index in [-0.39, 0.29) is 5.78 Å². The lowest BCUT2D eigenvalue weighted by molar-refractivity contribution is 0.103. The Morgan fingerprint density at radius 3 is 2.48 bits per heavy atom. The quantitative estimate of drug-likeness (QED) is 0.483. The number of phenolic OH excluding ortho intramolecular Hbond substituents is 1. The SMILES string of the molecule is COc1ccc(-n2c3c(c4c(CN(C)C)c(O)c(C)cc42)CCc2ccccc2C3=O)cc1. The van der Waals surface area contributed by atoms with Crippen molar-refractivity contribution in [3.05, 3.63) is 88.1 Å². The number of ketones is 1. The summed E-state index contributed by atoms with van der Waals surface area (Å²) in [4.78, 5) is 16.1. The number of fused-ring (bicyclic) bond motifs is 4. The van der Waals surface area contributed by atoms with Crippen molar-refractivity contribution in [1.29, 1.82) is 0 Å². The Bertz CT molecular complexity index is 1380. The molecule has 33 heavy (non-hydrogen) atoms. The minimum Gasteiger partial charge on any atom is -0.507 e. The summed E-state index contributed by atoms with van der Waals surface area (Å²) in [5.74, 6) is 1.10. The molecule has 0 bridgehead atoms. The summed E-state index contributed by atoms with van der Waals surface area (Å²) in [6.07, 6.45) is 1.52. The number of carbonyl (C=O) groups is 1. The van der Waals surface area contributed by atoms with Crippen LogP contribution in [0.5, 0.6) is 11.5 Å². The number of benzene rings is 3. The molecule has 1 N–H and O–H groups in total. The summed E-state index contributed by atoms with van der Waals surface area (Å²) < 4.78 is 7.43. The van der Waals surface area contributed by atoms with E-state index in [1.807, 2.05) is 75.6 Å². The van der Waals surface area contributed by atoms with Crippen molar-refractivity contribution in [1.82, 2.24) is 9.47 Å². The minimum absolute atomic E-state index is 0.0260. The Morgan fingerprint density at radius 2 is 1.79 bits per heavy atom. The van der Waals surface area contributed by atoms with Crippen molar-refractivity contribution < 1.29 is 14.6 Å². The number of methoxy groups -OCH3 is 1. The van der Waals surface area contributed by atoms with Crippen LogP contribution in [0.25, 0.3) is 16.6 Å². The highest BCUT2D eigenvalue weighted by Gasteiger charge is 2.31. The molecular weight excluding hydrogens is 412 g/mol. The number of hydrogen-bond donors (Lipinski definition) is 1. The van der Waals surface area contributed by atoms with E-state index < -0.39 is 0 Å². The molecule has 0 saturated carbocycles. The van der Waals surface area contributed by atoms with E-state index in [9.17, 15) is 9.90 Å². The first-order chi connectivity index (χ1) is 15.9. The monoisotopic (exact) mass is 440 g/mol. The highest BCUT2D eigenvalue weighted by molar-refractivity contribution is 6.14. The number of aryl methyl sites for hydroxylation is 3. The van der Waals surface area contributed by atoms with Gasteiger partial charge in [-0.25, -0.2) is 0 Å². The molecular formula is C28H28N2O3. The summed E-state index contributed by atoms with van der Waals surface area (Å²) in [5.41, 5.74) is 7.04. The molecule has 0 saturated heterocycles. The second-order valence-corrected chi connectivity index (χ2v) is 9.00. The molecule has 0 aliphatic heterocycles. The van der Waals surface area contributed by atoms with Crippen LogP contribution in [0.15, 0.2) is 54.6 Å². The van der Waals surface area contributed by atoms with Crippen molar-refractivity contribution in [3.63, 3.8) is 0 Å². The Kier molecular flexibility index (Phi) is 5.22. The molecule has 0 spiro atoms. The molecule has 0 fully saturated rings. The van der Waals surface area contributed by atoms with Gasteiger partial charge >= 0.3 is 0 Å². The number of aromatic hydroxyl groups is 1. The summed E-state index contributed by atoms with van der Waals surface area (Å²) in [5, 5.41) is 12.1. The van der Waals surface area contributed by atoms with E-state index in [0.717, 1.165) is 63.0 Å². The first kappa shape index (κ1) is 21.3. The van der Waals surface area contributed by atoms with Crippen LogP contribution < -0.4 is 4.74 Å². The van der Waals surface area contributed by atoms with Crippen molar-refractivity contribution in [2.45, 2.75) is 26.3 Å². The summed E-state index contributed by atoms with van der Waals surface area (Å²) in [6.45, 7) is 2.51. The van der Waals surface area contributed by atoms with E-state index in [2.05, 4.69) is 9.47 Å². The van der Waals surface area contributed by atoms with Gasteiger partial charge < -0.3 is 19.3 Å². The van der Waals surface area contributed by atoms with Crippen molar-refractivity contribution >= 4 is 16.7 Å². The maximum absolute atomic E-state index is 14.0. The second-order valence-electron chi connectivity index (χ2n) is 9.00. The van der Waals surface area contributed by atoms with Gasteiger partial charge in [-0.15, -0.1) is 0 Å². The van der Waals surface area contributed by atoms with E-state index in [4.69, 9.17) is 4.74 Å². The topological polar surface area (TPSA) is 54.7 Å². The van der Waals surface area contributed by atoms with Crippen LogP contribution in [0.2, 0.25) is 0 Å². The predicted molar refractivity (Wildman–Crippen MR) is 131 cm³/mol. The van der Waals surface area contributed by atoms with Crippen molar-refractivity contribution in [3.8, 4) is 17.2 Å². The van der Waals surface area contributed by atoms with E-state index in [0.29, 0.717) is 18.0 Å². The second kappa shape index (κ2) is 8.09. The Morgan fingerprint density at radius 1 is 1.06 bits per heavy atom. The Balaban J connectivity index is 1.90. The van der Waals surface area contributed by atoms with E-state index in [1.165, 1.54) is 0 Å². The molecule has 1 aromatic heterocycles. The molecule has 0 unspecified atom stereocenters. The number of rotatable bonds is 4. The van der Waals surface area contributed by atoms with Crippen molar-refractivity contribution in [2.75, 3.05) is 21.2 Å². The zero-order valence-corrected chi connectivity index (χ0v) is 19.5. The number of carbonyl (C=O) groups excluding carboxylic acids is 1. The number of ether oxygens (including phenoxy) is 1. The third kappa shape index (κ3) is 3.40.